The molecule has 226 valence electrons. The van der Waals surface area contributed by atoms with Crippen LogP contribution in [0.15, 0.2) is 192 Å². The predicted octanol–water partition coefficient (Wildman–Crippen LogP) is 13.2. The third-order valence-electron chi connectivity index (χ3n) is 9.24. The first-order chi connectivity index (χ1) is 23.8. The van der Waals surface area contributed by atoms with Gasteiger partial charge in [-0.15, -0.1) is 0 Å². The molecular formula is C46H31NO. The van der Waals surface area contributed by atoms with Crippen molar-refractivity contribution in [3.8, 4) is 33.4 Å². The molecule has 0 fully saturated rings. The van der Waals surface area contributed by atoms with E-state index >= 15 is 0 Å². The van der Waals surface area contributed by atoms with Crippen molar-refractivity contribution in [1.29, 1.82) is 0 Å². The highest BCUT2D eigenvalue weighted by atomic mass is 16.3. The summed E-state index contributed by atoms with van der Waals surface area (Å²) in [4.78, 5) is 2.32. The molecule has 0 unspecified atom stereocenters. The minimum absolute atomic E-state index is 0.863. The van der Waals surface area contributed by atoms with Gasteiger partial charge in [0.25, 0.3) is 0 Å². The Bertz CT molecular complexity index is 2530. The molecule has 0 bridgehead atoms. The number of para-hydroxylation sites is 2. The van der Waals surface area contributed by atoms with Gasteiger partial charge in [0.2, 0.25) is 0 Å². The Kier molecular flexibility index (Phi) is 6.84. The van der Waals surface area contributed by atoms with Gasteiger partial charge in [0.05, 0.1) is 5.69 Å². The van der Waals surface area contributed by atoms with Crippen molar-refractivity contribution in [2.24, 2.45) is 0 Å². The van der Waals surface area contributed by atoms with Crippen molar-refractivity contribution in [1.82, 2.24) is 0 Å². The first kappa shape index (κ1) is 27.9. The maximum atomic E-state index is 7.03. The molecule has 0 N–H and O–H groups in total. The van der Waals surface area contributed by atoms with Crippen LogP contribution in [-0.2, 0) is 0 Å². The molecule has 1 aromatic heterocycles. The lowest BCUT2D eigenvalue weighted by Crippen LogP contribution is -2.10. The summed E-state index contributed by atoms with van der Waals surface area (Å²) in [5, 5.41) is 4.63. The molecule has 0 saturated carbocycles. The van der Waals surface area contributed by atoms with Gasteiger partial charge in [0, 0.05) is 27.7 Å². The smallest absolute Gasteiger partial charge is 0.159 e. The summed E-state index contributed by atoms with van der Waals surface area (Å²) in [6.07, 6.45) is 0. The SMILES string of the molecule is c1ccc(-c2ccc(-c3cccc(N(c4ccccc4)c4cccc5c4oc4c(-c6ccccc6)cc6ccccc6c45)c3)cc2)cc1. The minimum atomic E-state index is 0.863. The van der Waals surface area contributed by atoms with Crippen LogP contribution in [0.25, 0.3) is 66.1 Å². The Balaban J connectivity index is 1.24. The van der Waals surface area contributed by atoms with Gasteiger partial charge in [-0.2, -0.15) is 0 Å². The van der Waals surface area contributed by atoms with Crippen LogP contribution in [-0.4, -0.2) is 0 Å². The van der Waals surface area contributed by atoms with Gasteiger partial charge < -0.3 is 9.32 Å². The monoisotopic (exact) mass is 613 g/mol. The van der Waals surface area contributed by atoms with Gasteiger partial charge in [-0.05, 0) is 75.0 Å². The Labute approximate surface area is 279 Å². The van der Waals surface area contributed by atoms with Crippen LogP contribution in [0.1, 0.15) is 0 Å². The fourth-order valence-corrected chi connectivity index (χ4v) is 6.96. The molecule has 2 nitrogen and oxygen atoms in total. The zero-order valence-corrected chi connectivity index (χ0v) is 26.3. The maximum absolute atomic E-state index is 7.03. The van der Waals surface area contributed by atoms with E-state index in [9.17, 15) is 0 Å². The molecule has 0 aliphatic heterocycles. The van der Waals surface area contributed by atoms with Gasteiger partial charge in [-0.25, -0.2) is 0 Å². The van der Waals surface area contributed by atoms with E-state index in [0.717, 1.165) is 55.7 Å². The van der Waals surface area contributed by atoms with E-state index in [4.69, 9.17) is 4.42 Å². The zero-order valence-electron chi connectivity index (χ0n) is 26.3. The lowest BCUT2D eigenvalue weighted by atomic mass is 9.96. The van der Waals surface area contributed by atoms with E-state index in [1.165, 1.54) is 27.5 Å². The van der Waals surface area contributed by atoms with Gasteiger partial charge in [-0.3, -0.25) is 0 Å². The summed E-state index contributed by atoms with van der Waals surface area (Å²) in [6.45, 7) is 0. The topological polar surface area (TPSA) is 16.4 Å². The van der Waals surface area contributed by atoms with Crippen LogP contribution in [0.5, 0.6) is 0 Å². The first-order valence-corrected chi connectivity index (χ1v) is 16.4. The van der Waals surface area contributed by atoms with Crippen LogP contribution in [0.3, 0.4) is 0 Å². The largest absolute Gasteiger partial charge is 0.453 e. The van der Waals surface area contributed by atoms with Crippen molar-refractivity contribution >= 4 is 49.8 Å². The summed E-state index contributed by atoms with van der Waals surface area (Å²) in [5.74, 6) is 0. The summed E-state index contributed by atoms with van der Waals surface area (Å²) in [7, 11) is 0. The van der Waals surface area contributed by atoms with E-state index in [1.54, 1.807) is 0 Å². The van der Waals surface area contributed by atoms with E-state index in [0.29, 0.717) is 0 Å². The molecule has 0 saturated heterocycles. The van der Waals surface area contributed by atoms with Crippen LogP contribution in [0.4, 0.5) is 17.1 Å². The minimum Gasteiger partial charge on any atom is -0.453 e. The zero-order chi connectivity index (χ0) is 31.9. The second kappa shape index (κ2) is 11.8. The Morgan fingerprint density at radius 1 is 0.354 bits per heavy atom. The van der Waals surface area contributed by atoms with Crippen LogP contribution >= 0.6 is 0 Å². The van der Waals surface area contributed by atoms with Gasteiger partial charge in [-0.1, -0.05) is 152 Å². The molecular weight excluding hydrogens is 583 g/mol. The fourth-order valence-electron chi connectivity index (χ4n) is 6.96. The number of anilines is 3. The number of furan rings is 1. The average molecular weight is 614 g/mol. The third-order valence-corrected chi connectivity index (χ3v) is 9.24. The summed E-state index contributed by atoms with van der Waals surface area (Å²) < 4.78 is 7.03. The highest BCUT2D eigenvalue weighted by molar-refractivity contribution is 6.24. The Hall–Kier alpha value is -6.38. The normalized spacial score (nSPS) is 11.3. The molecule has 0 spiro atoms. The summed E-state index contributed by atoms with van der Waals surface area (Å²) >= 11 is 0. The lowest BCUT2D eigenvalue weighted by molar-refractivity contribution is 0.670. The van der Waals surface area contributed by atoms with Crippen molar-refractivity contribution in [3.05, 3.63) is 188 Å². The van der Waals surface area contributed by atoms with E-state index in [2.05, 4.69) is 193 Å². The molecule has 0 aliphatic rings. The number of fused-ring (bicyclic) bond motifs is 5. The average Bonchev–Trinajstić information content (AvgIpc) is 3.57. The number of rotatable bonds is 6. The van der Waals surface area contributed by atoms with Crippen LogP contribution in [0, 0.1) is 0 Å². The first-order valence-electron chi connectivity index (χ1n) is 16.4. The number of hydrogen-bond acceptors (Lipinski definition) is 2. The quantitative estimate of drug-likeness (QED) is 0.185. The maximum Gasteiger partial charge on any atom is 0.159 e. The van der Waals surface area contributed by atoms with Crippen molar-refractivity contribution < 1.29 is 4.42 Å². The van der Waals surface area contributed by atoms with Gasteiger partial charge in [0.15, 0.2) is 5.58 Å². The van der Waals surface area contributed by atoms with Gasteiger partial charge in [0.1, 0.15) is 5.58 Å². The predicted molar refractivity (Wildman–Crippen MR) is 202 cm³/mol. The van der Waals surface area contributed by atoms with Crippen LogP contribution < -0.4 is 4.90 Å². The van der Waals surface area contributed by atoms with E-state index in [1.807, 2.05) is 0 Å². The summed E-state index contributed by atoms with van der Waals surface area (Å²) in [5.41, 5.74) is 11.9. The third kappa shape index (κ3) is 4.83. The molecule has 0 atom stereocenters. The molecule has 9 rings (SSSR count). The number of hydrogen-bond donors (Lipinski definition) is 0. The molecule has 8 aromatic carbocycles. The standard InChI is InChI=1S/C46H31NO/c1-4-14-32(15-5-1)33-26-28-34(29-27-33)36-19-12-22-39(30-36)47(38-20-8-3-9-21-38)43-25-13-24-41-44-40-23-11-10-18-37(40)31-42(46(44)48-45(41)43)35-16-6-2-7-17-35/h1-31H. The molecule has 48 heavy (non-hydrogen) atoms. The molecule has 2 heteroatoms. The molecule has 0 radical (unpaired) electrons. The fraction of sp³-hybridized carbons (Fsp3) is 0. The van der Waals surface area contributed by atoms with E-state index in [-0.39, 0.29) is 0 Å². The molecule has 0 aliphatic carbocycles. The molecule has 1 heterocycles. The second-order valence-electron chi connectivity index (χ2n) is 12.1. The van der Waals surface area contributed by atoms with Crippen molar-refractivity contribution in [2.45, 2.75) is 0 Å². The lowest BCUT2D eigenvalue weighted by Gasteiger charge is -2.26. The molecule has 9 aromatic rings. The Morgan fingerprint density at radius 2 is 0.896 bits per heavy atom. The van der Waals surface area contributed by atoms with Crippen LogP contribution in [0.2, 0.25) is 0 Å². The van der Waals surface area contributed by atoms with E-state index < -0.39 is 0 Å². The van der Waals surface area contributed by atoms with Gasteiger partial charge >= 0.3 is 0 Å². The number of benzene rings is 8. The highest BCUT2D eigenvalue weighted by Gasteiger charge is 2.22. The van der Waals surface area contributed by atoms with Crippen molar-refractivity contribution in [2.75, 3.05) is 4.90 Å². The molecule has 0 amide bonds. The number of nitrogens with zero attached hydrogens (tertiary/aromatic N) is 1. The summed E-state index contributed by atoms with van der Waals surface area (Å²) in [6, 6.07) is 66.6. The van der Waals surface area contributed by atoms with Crippen molar-refractivity contribution in [3.63, 3.8) is 0 Å². The Morgan fingerprint density at radius 3 is 1.65 bits per heavy atom. The highest BCUT2D eigenvalue weighted by Crippen LogP contribution is 2.46. The second-order valence-corrected chi connectivity index (χ2v) is 12.1.